The summed E-state index contributed by atoms with van der Waals surface area (Å²) >= 11 is 6.11. The SMILES string of the molecule is CC1(S(=O)(=O)c2cc(C(=O)Nc3cc(F)c(F)c(F)c3)ccc2Cl)CCC(O)CC1. The standard InChI is InChI=1S/C20H19ClF3NO4S/c1-20(6-4-13(26)5-7-20)30(28,29)17-8-11(2-3-14(17)21)19(27)25-12-9-15(22)18(24)16(23)10-12/h2-3,8-10,13,26H,4-7H2,1H3,(H,25,27). The summed E-state index contributed by atoms with van der Waals surface area (Å²) in [6.07, 6.45) is 0.566. The molecule has 0 heterocycles. The molecule has 1 fully saturated rings. The van der Waals surface area contributed by atoms with Gasteiger partial charge in [0, 0.05) is 23.4 Å². The van der Waals surface area contributed by atoms with Gasteiger partial charge >= 0.3 is 0 Å². The highest BCUT2D eigenvalue weighted by Gasteiger charge is 2.43. The van der Waals surface area contributed by atoms with Gasteiger partial charge in [0.05, 0.1) is 20.8 Å². The molecule has 0 unspecified atom stereocenters. The minimum Gasteiger partial charge on any atom is -0.393 e. The zero-order valence-corrected chi connectivity index (χ0v) is 17.5. The lowest BCUT2D eigenvalue weighted by Gasteiger charge is -2.35. The molecular formula is C20H19ClF3NO4S. The fraction of sp³-hybridized carbons (Fsp3) is 0.350. The first-order chi connectivity index (χ1) is 13.9. The molecule has 3 rings (SSSR count). The normalized spacial score (nSPS) is 22.0. The van der Waals surface area contributed by atoms with Crippen molar-refractivity contribution in [1.29, 1.82) is 0 Å². The molecule has 0 atom stereocenters. The first-order valence-electron chi connectivity index (χ1n) is 9.13. The van der Waals surface area contributed by atoms with Crippen LogP contribution in [0.15, 0.2) is 35.2 Å². The van der Waals surface area contributed by atoms with E-state index in [0.29, 0.717) is 25.0 Å². The fourth-order valence-electron chi connectivity index (χ4n) is 3.43. The van der Waals surface area contributed by atoms with Crippen LogP contribution in [-0.2, 0) is 9.84 Å². The topological polar surface area (TPSA) is 83.5 Å². The van der Waals surface area contributed by atoms with Crippen molar-refractivity contribution in [2.24, 2.45) is 0 Å². The molecule has 162 valence electrons. The Balaban J connectivity index is 1.92. The van der Waals surface area contributed by atoms with Gasteiger partial charge in [-0.3, -0.25) is 4.79 Å². The monoisotopic (exact) mass is 461 g/mol. The van der Waals surface area contributed by atoms with Crippen molar-refractivity contribution in [2.75, 3.05) is 5.32 Å². The number of carbonyl (C=O) groups excluding carboxylic acids is 1. The van der Waals surface area contributed by atoms with E-state index in [1.54, 1.807) is 6.92 Å². The van der Waals surface area contributed by atoms with Crippen molar-refractivity contribution in [3.05, 3.63) is 58.4 Å². The van der Waals surface area contributed by atoms with Gasteiger partial charge in [-0.1, -0.05) is 11.6 Å². The van der Waals surface area contributed by atoms with E-state index in [0.717, 1.165) is 6.07 Å². The Morgan fingerprint density at radius 1 is 1.13 bits per heavy atom. The summed E-state index contributed by atoms with van der Waals surface area (Å²) in [6.45, 7) is 1.57. The molecule has 0 aromatic heterocycles. The van der Waals surface area contributed by atoms with Crippen LogP contribution in [0.2, 0.25) is 5.02 Å². The Morgan fingerprint density at radius 2 is 1.70 bits per heavy atom. The third-order valence-corrected chi connectivity index (χ3v) is 8.45. The predicted molar refractivity (Wildman–Crippen MR) is 106 cm³/mol. The van der Waals surface area contributed by atoms with E-state index in [9.17, 15) is 31.5 Å². The molecule has 1 aliphatic rings. The van der Waals surface area contributed by atoms with E-state index in [1.165, 1.54) is 12.1 Å². The highest BCUT2D eigenvalue weighted by Crippen LogP contribution is 2.41. The smallest absolute Gasteiger partial charge is 0.255 e. The third kappa shape index (κ3) is 4.19. The Bertz CT molecular complexity index is 1080. The highest BCUT2D eigenvalue weighted by molar-refractivity contribution is 7.93. The van der Waals surface area contributed by atoms with Crippen LogP contribution in [0.1, 0.15) is 43.0 Å². The molecule has 5 nitrogen and oxygen atoms in total. The van der Waals surface area contributed by atoms with Crippen molar-refractivity contribution >= 4 is 33.0 Å². The van der Waals surface area contributed by atoms with E-state index < -0.39 is 44.0 Å². The van der Waals surface area contributed by atoms with Crippen LogP contribution < -0.4 is 5.32 Å². The summed E-state index contributed by atoms with van der Waals surface area (Å²) in [5.41, 5.74) is -0.438. The van der Waals surface area contributed by atoms with E-state index in [4.69, 9.17) is 11.6 Å². The maximum absolute atomic E-state index is 13.4. The molecule has 2 N–H and O–H groups in total. The number of amides is 1. The first-order valence-corrected chi connectivity index (χ1v) is 11.0. The second-order valence-electron chi connectivity index (χ2n) is 7.54. The van der Waals surface area contributed by atoms with Crippen LogP contribution in [0, 0.1) is 17.5 Å². The number of rotatable bonds is 4. The molecule has 1 saturated carbocycles. The summed E-state index contributed by atoms with van der Waals surface area (Å²) in [5.74, 6) is -5.47. The molecule has 10 heteroatoms. The van der Waals surface area contributed by atoms with E-state index >= 15 is 0 Å². The second kappa shape index (κ2) is 8.20. The minimum absolute atomic E-state index is 0.0715. The molecule has 1 aliphatic carbocycles. The quantitative estimate of drug-likeness (QED) is 0.658. The number of sulfone groups is 1. The number of halogens is 4. The zero-order valence-electron chi connectivity index (χ0n) is 15.9. The van der Waals surface area contributed by atoms with Crippen LogP contribution in [-0.4, -0.2) is 30.3 Å². The van der Waals surface area contributed by atoms with Crippen LogP contribution in [0.25, 0.3) is 0 Å². The molecule has 0 aliphatic heterocycles. The number of hydrogen-bond acceptors (Lipinski definition) is 4. The van der Waals surface area contributed by atoms with Crippen molar-refractivity contribution in [3.63, 3.8) is 0 Å². The molecule has 2 aromatic carbocycles. The van der Waals surface area contributed by atoms with Crippen molar-refractivity contribution in [1.82, 2.24) is 0 Å². The van der Waals surface area contributed by atoms with Crippen LogP contribution in [0.3, 0.4) is 0 Å². The molecule has 0 spiro atoms. The Hall–Kier alpha value is -2.10. The maximum atomic E-state index is 13.4. The third-order valence-electron chi connectivity index (χ3n) is 5.39. The van der Waals surface area contributed by atoms with Gasteiger partial charge in [-0.2, -0.15) is 0 Å². The Labute approximate surface area is 176 Å². The summed E-state index contributed by atoms with van der Waals surface area (Å²) < 4.78 is 65.2. The molecular weight excluding hydrogens is 443 g/mol. The second-order valence-corrected chi connectivity index (χ2v) is 10.4. The van der Waals surface area contributed by atoms with Crippen molar-refractivity contribution < 1.29 is 31.5 Å². The lowest BCUT2D eigenvalue weighted by atomic mass is 9.88. The maximum Gasteiger partial charge on any atom is 0.255 e. The van der Waals surface area contributed by atoms with Crippen molar-refractivity contribution in [2.45, 2.75) is 48.4 Å². The largest absolute Gasteiger partial charge is 0.393 e. The summed E-state index contributed by atoms with van der Waals surface area (Å²) in [6, 6.07) is 4.83. The van der Waals surface area contributed by atoms with Gasteiger partial charge in [0.2, 0.25) is 0 Å². The molecule has 0 radical (unpaired) electrons. The lowest BCUT2D eigenvalue weighted by molar-refractivity contribution is 0.102. The molecule has 0 saturated heterocycles. The minimum atomic E-state index is -3.96. The molecule has 0 bridgehead atoms. The summed E-state index contributed by atoms with van der Waals surface area (Å²) in [5, 5.41) is 11.8. The fourth-order valence-corrected chi connectivity index (χ4v) is 5.76. The van der Waals surface area contributed by atoms with Gasteiger partial charge < -0.3 is 10.4 Å². The Kier molecular flexibility index (Phi) is 6.18. The summed E-state index contributed by atoms with van der Waals surface area (Å²) in [4.78, 5) is 12.2. The number of aliphatic hydroxyl groups excluding tert-OH is 1. The van der Waals surface area contributed by atoms with Gasteiger partial charge in [0.1, 0.15) is 0 Å². The van der Waals surface area contributed by atoms with Gasteiger partial charge in [-0.05, 0) is 50.8 Å². The average Bonchev–Trinajstić information content (AvgIpc) is 2.68. The molecule has 30 heavy (non-hydrogen) atoms. The van der Waals surface area contributed by atoms with Crippen LogP contribution >= 0.6 is 11.6 Å². The van der Waals surface area contributed by atoms with Crippen LogP contribution in [0.4, 0.5) is 18.9 Å². The number of carbonyl (C=O) groups is 1. The zero-order chi connectivity index (χ0) is 22.3. The van der Waals surface area contributed by atoms with Gasteiger partial charge in [-0.25, -0.2) is 21.6 Å². The van der Waals surface area contributed by atoms with Crippen LogP contribution in [0.5, 0.6) is 0 Å². The van der Waals surface area contributed by atoms with Gasteiger partial charge in [0.25, 0.3) is 5.91 Å². The van der Waals surface area contributed by atoms with E-state index in [1.807, 2.05) is 0 Å². The lowest BCUT2D eigenvalue weighted by Crippen LogP contribution is -2.40. The number of hydrogen-bond donors (Lipinski definition) is 2. The summed E-state index contributed by atoms with van der Waals surface area (Å²) in [7, 11) is -3.96. The van der Waals surface area contributed by atoms with Gasteiger partial charge in [-0.15, -0.1) is 0 Å². The number of aliphatic hydroxyl groups is 1. The van der Waals surface area contributed by atoms with Gasteiger partial charge in [0.15, 0.2) is 27.3 Å². The predicted octanol–water partition coefficient (Wildman–Crippen LogP) is 4.48. The number of nitrogens with one attached hydrogen (secondary N) is 1. The highest BCUT2D eigenvalue weighted by atomic mass is 35.5. The van der Waals surface area contributed by atoms with E-state index in [-0.39, 0.29) is 34.0 Å². The first kappa shape index (κ1) is 22.6. The van der Waals surface area contributed by atoms with E-state index in [2.05, 4.69) is 5.32 Å². The molecule has 1 amide bonds. The number of anilines is 1. The van der Waals surface area contributed by atoms with Crippen molar-refractivity contribution in [3.8, 4) is 0 Å². The Morgan fingerprint density at radius 3 is 2.27 bits per heavy atom. The average molecular weight is 462 g/mol. The molecule has 2 aromatic rings. The number of benzene rings is 2.